The van der Waals surface area contributed by atoms with Crippen molar-refractivity contribution in [2.24, 2.45) is 0 Å². The number of hydrogen-bond acceptors (Lipinski definition) is 6. The maximum atomic E-state index is 12.1. The third-order valence-electron chi connectivity index (χ3n) is 3.16. The number of anilines is 2. The summed E-state index contributed by atoms with van der Waals surface area (Å²) in [5.41, 5.74) is 6.08. The van der Waals surface area contributed by atoms with Gasteiger partial charge in [-0.2, -0.15) is 4.37 Å². The normalized spacial score (nSPS) is 13.9. The van der Waals surface area contributed by atoms with Crippen molar-refractivity contribution >= 4 is 34.2 Å². The topological polar surface area (TPSA) is 100 Å². The number of nitrogens with zero attached hydrogens (tertiary/aromatic N) is 2. The molecule has 1 saturated carbocycles. The molecule has 0 spiro atoms. The molecule has 1 aliphatic carbocycles. The Kier molecular flexibility index (Phi) is 4.43. The van der Waals surface area contributed by atoms with Gasteiger partial charge < -0.3 is 21.3 Å². The molecule has 7 nitrogen and oxygen atoms in total. The van der Waals surface area contributed by atoms with Gasteiger partial charge in [0.25, 0.3) is 5.91 Å². The summed E-state index contributed by atoms with van der Waals surface area (Å²) >= 11 is 1.10. The van der Waals surface area contributed by atoms with Crippen molar-refractivity contribution in [1.82, 2.24) is 14.6 Å². The molecule has 1 aliphatic rings. The highest BCUT2D eigenvalue weighted by molar-refractivity contribution is 7.11. The standard InChI is InChI=1S/C12H19N5O2S/c1-3-17(2)8(18)6-14-12-9(10(13)16-20-12)11(19)15-7-4-5-7/h7,14H,3-6H2,1-2H3,(H2,13,16)(H,15,19). The van der Waals surface area contributed by atoms with Crippen molar-refractivity contribution in [3.8, 4) is 0 Å². The fourth-order valence-corrected chi connectivity index (χ4v) is 2.30. The highest BCUT2D eigenvalue weighted by atomic mass is 32.1. The molecule has 20 heavy (non-hydrogen) atoms. The Morgan fingerprint density at radius 1 is 1.50 bits per heavy atom. The summed E-state index contributed by atoms with van der Waals surface area (Å²) in [6.45, 7) is 2.66. The second kappa shape index (κ2) is 6.08. The molecule has 0 unspecified atom stereocenters. The molecule has 1 aromatic heterocycles. The van der Waals surface area contributed by atoms with Crippen LogP contribution in [-0.2, 0) is 4.79 Å². The van der Waals surface area contributed by atoms with E-state index >= 15 is 0 Å². The van der Waals surface area contributed by atoms with Crippen molar-refractivity contribution in [2.45, 2.75) is 25.8 Å². The molecule has 2 amide bonds. The van der Waals surface area contributed by atoms with Gasteiger partial charge in [-0.1, -0.05) is 0 Å². The van der Waals surface area contributed by atoms with Crippen LogP contribution in [0.1, 0.15) is 30.1 Å². The first-order chi connectivity index (χ1) is 9.52. The first-order valence-corrected chi connectivity index (χ1v) is 7.34. The second-order valence-electron chi connectivity index (χ2n) is 4.78. The Bertz CT molecular complexity index is 512. The van der Waals surface area contributed by atoms with E-state index in [1.54, 1.807) is 11.9 Å². The average Bonchev–Trinajstić information content (AvgIpc) is 3.16. The highest BCUT2D eigenvalue weighted by Crippen LogP contribution is 2.28. The Morgan fingerprint density at radius 3 is 2.80 bits per heavy atom. The van der Waals surface area contributed by atoms with Gasteiger partial charge in [0.15, 0.2) is 5.82 Å². The van der Waals surface area contributed by atoms with Crippen LogP contribution in [0.5, 0.6) is 0 Å². The van der Waals surface area contributed by atoms with E-state index in [2.05, 4.69) is 15.0 Å². The average molecular weight is 297 g/mol. The van der Waals surface area contributed by atoms with Gasteiger partial charge in [0.1, 0.15) is 10.6 Å². The lowest BCUT2D eigenvalue weighted by atomic mass is 10.3. The molecule has 0 bridgehead atoms. The van der Waals surface area contributed by atoms with Crippen molar-refractivity contribution in [1.29, 1.82) is 0 Å². The molecule has 1 aromatic rings. The molecular weight excluding hydrogens is 278 g/mol. The Balaban J connectivity index is 2.00. The van der Waals surface area contributed by atoms with Crippen molar-refractivity contribution in [2.75, 3.05) is 31.2 Å². The summed E-state index contributed by atoms with van der Waals surface area (Å²) in [7, 11) is 1.73. The number of aromatic nitrogens is 1. The fraction of sp³-hybridized carbons (Fsp3) is 0.583. The SMILES string of the molecule is CCN(C)C(=O)CNc1snc(N)c1C(=O)NC1CC1. The third kappa shape index (κ3) is 3.38. The van der Waals surface area contributed by atoms with Gasteiger partial charge in [-0.25, -0.2) is 0 Å². The smallest absolute Gasteiger partial charge is 0.258 e. The van der Waals surface area contributed by atoms with Crippen molar-refractivity contribution in [3.05, 3.63) is 5.56 Å². The number of carbonyl (C=O) groups excluding carboxylic acids is 2. The summed E-state index contributed by atoms with van der Waals surface area (Å²) < 4.78 is 3.98. The predicted molar refractivity (Wildman–Crippen MR) is 78.8 cm³/mol. The fourth-order valence-electron chi connectivity index (χ4n) is 1.59. The molecule has 0 saturated heterocycles. The van der Waals surface area contributed by atoms with E-state index in [1.165, 1.54) is 0 Å². The zero-order valence-corrected chi connectivity index (χ0v) is 12.4. The number of nitrogens with one attached hydrogen (secondary N) is 2. The molecule has 8 heteroatoms. The lowest BCUT2D eigenvalue weighted by molar-refractivity contribution is -0.127. The van der Waals surface area contributed by atoms with Crippen LogP contribution in [-0.4, -0.2) is 47.3 Å². The summed E-state index contributed by atoms with van der Waals surface area (Å²) in [6.07, 6.45) is 2.01. The molecule has 0 aromatic carbocycles. The minimum Gasteiger partial charge on any atom is -0.382 e. The zero-order valence-electron chi connectivity index (χ0n) is 11.6. The van der Waals surface area contributed by atoms with Crippen LogP contribution < -0.4 is 16.4 Å². The van der Waals surface area contributed by atoms with E-state index in [0.29, 0.717) is 17.1 Å². The first-order valence-electron chi connectivity index (χ1n) is 6.56. The Morgan fingerprint density at radius 2 is 2.20 bits per heavy atom. The minimum absolute atomic E-state index is 0.0481. The molecule has 0 aliphatic heterocycles. The van der Waals surface area contributed by atoms with Crippen LogP contribution >= 0.6 is 11.5 Å². The largest absolute Gasteiger partial charge is 0.382 e. The van der Waals surface area contributed by atoms with Crippen LogP contribution in [0, 0.1) is 0 Å². The lowest BCUT2D eigenvalue weighted by Gasteiger charge is -2.15. The molecule has 0 radical (unpaired) electrons. The van der Waals surface area contributed by atoms with Crippen LogP contribution in [0.15, 0.2) is 0 Å². The monoisotopic (exact) mass is 297 g/mol. The number of nitrogens with two attached hydrogens (primary N) is 1. The van der Waals surface area contributed by atoms with Gasteiger partial charge in [-0.15, -0.1) is 0 Å². The van der Waals surface area contributed by atoms with Gasteiger partial charge in [0, 0.05) is 19.6 Å². The van der Waals surface area contributed by atoms with Gasteiger partial charge in [0.05, 0.1) is 6.54 Å². The van der Waals surface area contributed by atoms with Crippen LogP contribution in [0.2, 0.25) is 0 Å². The van der Waals surface area contributed by atoms with Gasteiger partial charge in [-0.3, -0.25) is 9.59 Å². The van der Waals surface area contributed by atoms with E-state index in [0.717, 1.165) is 24.4 Å². The summed E-state index contributed by atoms with van der Waals surface area (Å²) in [5, 5.41) is 6.36. The highest BCUT2D eigenvalue weighted by Gasteiger charge is 2.27. The lowest BCUT2D eigenvalue weighted by Crippen LogP contribution is -2.32. The molecule has 1 fully saturated rings. The number of amides is 2. The molecule has 2 rings (SSSR count). The number of hydrogen-bond donors (Lipinski definition) is 3. The van der Waals surface area contributed by atoms with Crippen LogP contribution in [0.4, 0.5) is 10.8 Å². The quantitative estimate of drug-likeness (QED) is 0.710. The Labute approximate surface area is 121 Å². The summed E-state index contributed by atoms with van der Waals surface area (Å²) in [4.78, 5) is 25.4. The Hall–Kier alpha value is -1.83. The van der Waals surface area contributed by atoms with E-state index < -0.39 is 0 Å². The van der Waals surface area contributed by atoms with Gasteiger partial charge in [-0.05, 0) is 31.3 Å². The minimum atomic E-state index is -0.224. The first kappa shape index (κ1) is 14.6. The van der Waals surface area contributed by atoms with Crippen molar-refractivity contribution in [3.63, 3.8) is 0 Å². The maximum Gasteiger partial charge on any atom is 0.258 e. The van der Waals surface area contributed by atoms with Gasteiger partial charge >= 0.3 is 0 Å². The van der Waals surface area contributed by atoms with Crippen LogP contribution in [0.25, 0.3) is 0 Å². The van der Waals surface area contributed by atoms with Crippen molar-refractivity contribution < 1.29 is 9.59 Å². The molecule has 110 valence electrons. The van der Waals surface area contributed by atoms with E-state index in [9.17, 15) is 9.59 Å². The van der Waals surface area contributed by atoms with Gasteiger partial charge in [0.2, 0.25) is 5.91 Å². The van der Waals surface area contributed by atoms with E-state index in [-0.39, 0.29) is 30.2 Å². The van der Waals surface area contributed by atoms with E-state index in [1.807, 2.05) is 6.92 Å². The van der Waals surface area contributed by atoms with Crippen LogP contribution in [0.3, 0.4) is 0 Å². The molecular formula is C12H19N5O2S. The number of rotatable bonds is 6. The molecule has 1 heterocycles. The third-order valence-corrected chi connectivity index (χ3v) is 3.98. The van der Waals surface area contributed by atoms with E-state index in [4.69, 9.17) is 5.73 Å². The summed E-state index contributed by atoms with van der Waals surface area (Å²) in [6, 6.07) is 0.252. The maximum absolute atomic E-state index is 12.1. The second-order valence-corrected chi connectivity index (χ2v) is 5.55. The predicted octanol–water partition coefficient (Wildman–Crippen LogP) is 0.508. The number of likely N-dealkylation sites (N-methyl/N-ethyl adjacent to an activating group) is 1. The number of carbonyl (C=O) groups is 2. The summed E-state index contributed by atoms with van der Waals surface area (Å²) in [5.74, 6) is -0.0717. The molecule has 4 N–H and O–H groups in total. The molecule has 0 atom stereocenters. The zero-order chi connectivity index (χ0) is 14.7. The number of nitrogen functional groups attached to an aromatic ring is 1.